The quantitative estimate of drug-likeness (QED) is 0.818. The van der Waals surface area contributed by atoms with Crippen molar-refractivity contribution in [2.24, 2.45) is 5.73 Å². The molecule has 1 fully saturated rings. The summed E-state index contributed by atoms with van der Waals surface area (Å²) in [5, 5.41) is 7.33. The number of aryl methyl sites for hydroxylation is 1. The summed E-state index contributed by atoms with van der Waals surface area (Å²) < 4.78 is 40.8. The minimum Gasteiger partial charge on any atom is -0.327 e. The van der Waals surface area contributed by atoms with Crippen LogP contribution in [0.5, 0.6) is 0 Å². The zero-order valence-corrected chi connectivity index (χ0v) is 14.0. The molecule has 1 aliphatic heterocycles. The van der Waals surface area contributed by atoms with Gasteiger partial charge in [-0.25, -0.2) is 13.2 Å². The summed E-state index contributed by atoms with van der Waals surface area (Å²) in [7, 11) is 0. The van der Waals surface area contributed by atoms with E-state index < -0.39 is 17.5 Å². The highest BCUT2D eigenvalue weighted by Gasteiger charge is 2.36. The van der Waals surface area contributed by atoms with Crippen LogP contribution in [0, 0.1) is 24.4 Å². The molecule has 1 aliphatic carbocycles. The van der Waals surface area contributed by atoms with Gasteiger partial charge in [0.15, 0.2) is 11.6 Å². The van der Waals surface area contributed by atoms with E-state index in [-0.39, 0.29) is 17.5 Å². The third-order valence-corrected chi connectivity index (χ3v) is 5.70. The highest BCUT2D eigenvalue weighted by Crippen LogP contribution is 2.38. The van der Waals surface area contributed by atoms with Crippen LogP contribution < -0.4 is 5.73 Å². The Morgan fingerprint density at radius 2 is 1.88 bits per heavy atom. The van der Waals surface area contributed by atoms with Gasteiger partial charge in [0.1, 0.15) is 5.82 Å². The zero-order chi connectivity index (χ0) is 17.7. The molecule has 7 heteroatoms. The SMILES string of the molecule is Cc1[nH]nc2c1CN([C@H]1CCC(c3cc(F)c(F)cc3F)[C@@H](N)C1)C2. The van der Waals surface area contributed by atoms with Crippen LogP contribution >= 0.6 is 0 Å². The first kappa shape index (κ1) is 16.6. The Kier molecular flexibility index (Phi) is 4.08. The Balaban J connectivity index is 1.47. The van der Waals surface area contributed by atoms with Crippen molar-refractivity contribution in [2.45, 2.75) is 57.3 Å². The predicted molar refractivity (Wildman–Crippen MR) is 87.2 cm³/mol. The summed E-state index contributed by atoms with van der Waals surface area (Å²) in [6.07, 6.45) is 2.22. The second kappa shape index (κ2) is 6.14. The van der Waals surface area contributed by atoms with Crippen molar-refractivity contribution < 1.29 is 13.2 Å². The monoisotopic (exact) mass is 350 g/mol. The normalized spacial score (nSPS) is 26.8. The molecule has 3 N–H and O–H groups in total. The van der Waals surface area contributed by atoms with Gasteiger partial charge in [-0.2, -0.15) is 5.10 Å². The topological polar surface area (TPSA) is 57.9 Å². The number of hydrogen-bond donors (Lipinski definition) is 2. The third-order valence-electron chi connectivity index (χ3n) is 5.70. The van der Waals surface area contributed by atoms with Gasteiger partial charge in [0.05, 0.1) is 5.69 Å². The average molecular weight is 350 g/mol. The van der Waals surface area contributed by atoms with E-state index in [0.717, 1.165) is 37.0 Å². The molecule has 0 radical (unpaired) electrons. The number of nitrogens with one attached hydrogen (secondary N) is 1. The maximum Gasteiger partial charge on any atom is 0.161 e. The Hall–Kier alpha value is -1.86. The Labute approximate surface area is 144 Å². The second-order valence-corrected chi connectivity index (χ2v) is 7.20. The molecule has 0 amide bonds. The Morgan fingerprint density at radius 3 is 2.60 bits per heavy atom. The van der Waals surface area contributed by atoms with Gasteiger partial charge in [-0.1, -0.05) is 0 Å². The van der Waals surface area contributed by atoms with E-state index in [2.05, 4.69) is 15.1 Å². The van der Waals surface area contributed by atoms with E-state index in [1.54, 1.807) is 0 Å². The van der Waals surface area contributed by atoms with Gasteiger partial charge >= 0.3 is 0 Å². The number of H-pyrrole nitrogens is 1. The molecule has 0 bridgehead atoms. The van der Waals surface area contributed by atoms with Gasteiger partial charge in [0.2, 0.25) is 0 Å². The summed E-state index contributed by atoms with van der Waals surface area (Å²) in [6.45, 7) is 3.66. The van der Waals surface area contributed by atoms with Gasteiger partial charge < -0.3 is 5.73 Å². The lowest BCUT2D eigenvalue weighted by Gasteiger charge is -2.38. The summed E-state index contributed by atoms with van der Waals surface area (Å²) in [5.41, 5.74) is 9.93. The molecule has 2 aromatic rings. The first-order valence-electron chi connectivity index (χ1n) is 8.60. The molecule has 1 aromatic heterocycles. The highest BCUT2D eigenvalue weighted by atomic mass is 19.2. The fraction of sp³-hybridized carbons (Fsp3) is 0.500. The van der Waals surface area contributed by atoms with Crippen molar-refractivity contribution in [3.63, 3.8) is 0 Å². The summed E-state index contributed by atoms with van der Waals surface area (Å²) >= 11 is 0. The lowest BCUT2D eigenvalue weighted by atomic mass is 9.77. The zero-order valence-electron chi connectivity index (χ0n) is 14.0. The van der Waals surface area contributed by atoms with Crippen molar-refractivity contribution in [2.75, 3.05) is 0 Å². The highest BCUT2D eigenvalue weighted by molar-refractivity contribution is 5.29. The summed E-state index contributed by atoms with van der Waals surface area (Å²) in [4.78, 5) is 2.36. The van der Waals surface area contributed by atoms with Crippen LogP contribution in [-0.4, -0.2) is 27.2 Å². The van der Waals surface area contributed by atoms with E-state index in [9.17, 15) is 13.2 Å². The van der Waals surface area contributed by atoms with Gasteiger partial charge in [-0.3, -0.25) is 10.00 Å². The maximum atomic E-state index is 14.1. The van der Waals surface area contributed by atoms with Gasteiger partial charge in [0.25, 0.3) is 0 Å². The van der Waals surface area contributed by atoms with Crippen molar-refractivity contribution >= 4 is 0 Å². The van der Waals surface area contributed by atoms with E-state index in [4.69, 9.17) is 5.73 Å². The number of rotatable bonds is 2. The number of benzene rings is 1. The van der Waals surface area contributed by atoms with E-state index in [1.807, 2.05) is 6.92 Å². The molecule has 2 aliphatic rings. The molecule has 4 rings (SSSR count). The summed E-state index contributed by atoms with van der Waals surface area (Å²) in [5.74, 6) is -3.18. The molecule has 1 saturated carbocycles. The number of hydrogen-bond acceptors (Lipinski definition) is 3. The molecule has 3 atom stereocenters. The lowest BCUT2D eigenvalue weighted by Crippen LogP contribution is -2.44. The second-order valence-electron chi connectivity index (χ2n) is 7.20. The van der Waals surface area contributed by atoms with E-state index in [0.29, 0.717) is 24.9 Å². The molecular formula is C18H21F3N4. The van der Waals surface area contributed by atoms with Crippen LogP contribution in [0.3, 0.4) is 0 Å². The number of aromatic amines is 1. The van der Waals surface area contributed by atoms with Crippen molar-refractivity contribution in [1.82, 2.24) is 15.1 Å². The fourth-order valence-electron chi connectivity index (χ4n) is 4.28. The molecule has 2 heterocycles. The van der Waals surface area contributed by atoms with Crippen LogP contribution in [0.4, 0.5) is 13.2 Å². The van der Waals surface area contributed by atoms with Gasteiger partial charge in [0, 0.05) is 48.4 Å². The number of aromatic nitrogens is 2. The maximum absolute atomic E-state index is 14.1. The number of halogens is 3. The molecule has 0 spiro atoms. The Morgan fingerprint density at radius 1 is 1.12 bits per heavy atom. The lowest BCUT2D eigenvalue weighted by molar-refractivity contribution is 0.136. The first-order valence-corrected chi connectivity index (χ1v) is 8.60. The van der Waals surface area contributed by atoms with Crippen LogP contribution in [0.2, 0.25) is 0 Å². The molecule has 134 valence electrons. The predicted octanol–water partition coefficient (Wildman–Crippen LogP) is 3.11. The van der Waals surface area contributed by atoms with E-state index in [1.165, 1.54) is 5.56 Å². The van der Waals surface area contributed by atoms with Gasteiger partial charge in [-0.15, -0.1) is 0 Å². The minimum absolute atomic E-state index is 0.190. The number of nitrogens with two attached hydrogens (primary N) is 1. The van der Waals surface area contributed by atoms with Crippen molar-refractivity contribution in [1.29, 1.82) is 0 Å². The first-order chi connectivity index (χ1) is 11.9. The van der Waals surface area contributed by atoms with Crippen LogP contribution in [0.1, 0.15) is 47.7 Å². The van der Waals surface area contributed by atoms with Gasteiger partial charge in [-0.05, 0) is 37.8 Å². The molecule has 1 aromatic carbocycles. The standard InChI is InChI=1S/C18H21F3N4/c1-9-13-7-25(8-18(13)24-23-9)10-2-3-11(17(22)4-10)12-5-15(20)16(21)6-14(12)19/h5-6,10-11,17H,2-4,7-8,22H2,1H3,(H,23,24)/t10-,11?,17-/m0/s1. The molecule has 0 saturated heterocycles. The average Bonchev–Trinajstić information content (AvgIpc) is 3.14. The Bertz CT molecular complexity index is 804. The summed E-state index contributed by atoms with van der Waals surface area (Å²) in [6, 6.07) is 1.59. The van der Waals surface area contributed by atoms with Crippen LogP contribution in [0.25, 0.3) is 0 Å². The number of fused-ring (bicyclic) bond motifs is 1. The van der Waals surface area contributed by atoms with E-state index >= 15 is 0 Å². The smallest absolute Gasteiger partial charge is 0.161 e. The van der Waals surface area contributed by atoms with Crippen LogP contribution in [-0.2, 0) is 13.1 Å². The van der Waals surface area contributed by atoms with Crippen molar-refractivity contribution in [3.05, 3.63) is 52.1 Å². The minimum atomic E-state index is -1.16. The van der Waals surface area contributed by atoms with Crippen LogP contribution in [0.15, 0.2) is 12.1 Å². The number of nitrogens with zero attached hydrogens (tertiary/aromatic N) is 2. The molecule has 25 heavy (non-hydrogen) atoms. The largest absolute Gasteiger partial charge is 0.327 e. The third kappa shape index (κ3) is 2.85. The molecule has 1 unspecified atom stereocenters. The molecular weight excluding hydrogens is 329 g/mol. The molecule has 4 nitrogen and oxygen atoms in total. The van der Waals surface area contributed by atoms with Crippen molar-refractivity contribution in [3.8, 4) is 0 Å². The fourth-order valence-corrected chi connectivity index (χ4v) is 4.28.